The van der Waals surface area contributed by atoms with Crippen LogP contribution in [0.1, 0.15) is 24.0 Å². The molecule has 5 nitrogen and oxygen atoms in total. The minimum Gasteiger partial charge on any atom is -0.481 e. The third kappa shape index (κ3) is 1.72. The van der Waals surface area contributed by atoms with Crippen LogP contribution in [0.15, 0.2) is 16.5 Å². The molecule has 0 unspecified atom stereocenters. The molecule has 2 N–H and O–H groups in total. The number of nitrogens with one attached hydrogen (secondary N) is 1. The van der Waals surface area contributed by atoms with E-state index in [0.29, 0.717) is 11.5 Å². The van der Waals surface area contributed by atoms with Crippen LogP contribution in [0.2, 0.25) is 0 Å². The van der Waals surface area contributed by atoms with Gasteiger partial charge in [0.1, 0.15) is 17.6 Å². The summed E-state index contributed by atoms with van der Waals surface area (Å²) in [5, 5.41) is 11.5. The smallest absolute Gasteiger partial charge is 0.309 e. The first-order valence-electron chi connectivity index (χ1n) is 4.66. The van der Waals surface area contributed by atoms with Gasteiger partial charge in [-0.1, -0.05) is 0 Å². The van der Waals surface area contributed by atoms with Crippen LogP contribution in [0.3, 0.4) is 0 Å². The maximum Gasteiger partial charge on any atom is 0.309 e. The van der Waals surface area contributed by atoms with E-state index in [2.05, 4.69) is 5.32 Å². The van der Waals surface area contributed by atoms with Crippen LogP contribution in [0.5, 0.6) is 0 Å². The van der Waals surface area contributed by atoms with Gasteiger partial charge < -0.3 is 14.8 Å². The summed E-state index contributed by atoms with van der Waals surface area (Å²) >= 11 is 0. The Balaban J connectivity index is 2.27. The van der Waals surface area contributed by atoms with Crippen LogP contribution in [0.25, 0.3) is 0 Å². The first kappa shape index (κ1) is 9.76. The highest BCUT2D eigenvalue weighted by Crippen LogP contribution is 2.31. The van der Waals surface area contributed by atoms with E-state index < -0.39 is 17.9 Å². The van der Waals surface area contributed by atoms with Crippen LogP contribution in [-0.2, 0) is 9.59 Å². The number of rotatable bonds is 2. The Bertz CT molecular complexity index is 409. The molecule has 2 atom stereocenters. The fourth-order valence-corrected chi connectivity index (χ4v) is 1.77. The number of furan rings is 1. The summed E-state index contributed by atoms with van der Waals surface area (Å²) in [4.78, 5) is 22.0. The van der Waals surface area contributed by atoms with Gasteiger partial charge in [-0.15, -0.1) is 0 Å². The largest absolute Gasteiger partial charge is 0.481 e. The van der Waals surface area contributed by atoms with Crippen molar-refractivity contribution in [2.75, 3.05) is 0 Å². The molecule has 1 saturated heterocycles. The van der Waals surface area contributed by atoms with Crippen molar-refractivity contribution in [1.82, 2.24) is 5.32 Å². The lowest BCUT2D eigenvalue weighted by molar-refractivity contribution is -0.142. The SMILES string of the molecule is Cc1ccc([C@H]2NC(=O)C[C@@H]2C(=O)O)o1. The van der Waals surface area contributed by atoms with Gasteiger partial charge in [-0.3, -0.25) is 9.59 Å². The zero-order valence-electron chi connectivity index (χ0n) is 8.19. The van der Waals surface area contributed by atoms with Gasteiger partial charge in [0.2, 0.25) is 5.91 Å². The summed E-state index contributed by atoms with van der Waals surface area (Å²) in [5.74, 6) is -0.752. The van der Waals surface area contributed by atoms with Crippen molar-refractivity contribution >= 4 is 11.9 Å². The van der Waals surface area contributed by atoms with Crippen LogP contribution in [0.4, 0.5) is 0 Å². The Morgan fingerprint density at radius 1 is 1.60 bits per heavy atom. The molecule has 1 aromatic rings. The Kier molecular flexibility index (Phi) is 2.22. The number of carboxylic acid groups (broad SMARTS) is 1. The molecule has 0 spiro atoms. The number of hydrogen-bond donors (Lipinski definition) is 2. The van der Waals surface area contributed by atoms with Gasteiger partial charge in [0.25, 0.3) is 0 Å². The van der Waals surface area contributed by atoms with E-state index in [0.717, 1.165) is 0 Å². The van der Waals surface area contributed by atoms with Crippen LogP contribution < -0.4 is 5.32 Å². The summed E-state index contributed by atoms with van der Waals surface area (Å²) in [6.07, 6.45) is 0.0136. The number of aliphatic carboxylic acids is 1. The van der Waals surface area contributed by atoms with Crippen molar-refractivity contribution in [2.24, 2.45) is 5.92 Å². The zero-order valence-corrected chi connectivity index (χ0v) is 8.19. The van der Waals surface area contributed by atoms with Gasteiger partial charge in [-0.25, -0.2) is 0 Å². The van der Waals surface area contributed by atoms with Gasteiger partial charge in [0, 0.05) is 6.42 Å². The van der Waals surface area contributed by atoms with Crippen molar-refractivity contribution in [3.63, 3.8) is 0 Å². The number of aryl methyl sites for hydroxylation is 1. The summed E-state index contributed by atoms with van der Waals surface area (Å²) in [6.45, 7) is 1.77. The molecule has 0 bridgehead atoms. The quantitative estimate of drug-likeness (QED) is 0.756. The minimum absolute atomic E-state index is 0.0136. The molecule has 2 heterocycles. The molecule has 15 heavy (non-hydrogen) atoms. The van der Waals surface area contributed by atoms with Crippen LogP contribution in [0, 0.1) is 12.8 Å². The van der Waals surface area contributed by atoms with Crippen molar-refractivity contribution in [1.29, 1.82) is 0 Å². The van der Waals surface area contributed by atoms with Crippen molar-refractivity contribution in [2.45, 2.75) is 19.4 Å². The number of carbonyl (C=O) groups excluding carboxylic acids is 1. The first-order chi connectivity index (χ1) is 7.08. The predicted molar refractivity (Wildman–Crippen MR) is 50.1 cm³/mol. The molecule has 1 amide bonds. The van der Waals surface area contributed by atoms with Gasteiger partial charge in [0.05, 0.1) is 5.92 Å². The van der Waals surface area contributed by atoms with E-state index in [-0.39, 0.29) is 12.3 Å². The van der Waals surface area contributed by atoms with Crippen molar-refractivity contribution < 1.29 is 19.1 Å². The predicted octanol–water partition coefficient (Wildman–Crippen LogP) is 0.850. The topological polar surface area (TPSA) is 79.5 Å². The standard InChI is InChI=1S/C10H11NO4/c1-5-2-3-7(15-5)9-6(10(13)14)4-8(12)11-9/h2-3,6,9H,4H2,1H3,(H,11,12)(H,13,14)/t6-,9-/m0/s1. The molecule has 0 aliphatic carbocycles. The molecule has 1 aliphatic rings. The van der Waals surface area contributed by atoms with Gasteiger partial charge in [0.15, 0.2) is 0 Å². The Morgan fingerprint density at radius 2 is 2.33 bits per heavy atom. The lowest BCUT2D eigenvalue weighted by Gasteiger charge is -2.11. The highest BCUT2D eigenvalue weighted by atomic mass is 16.4. The summed E-state index contributed by atoms with van der Waals surface area (Å²) in [6, 6.07) is 2.91. The van der Waals surface area contributed by atoms with Crippen molar-refractivity contribution in [3.8, 4) is 0 Å². The molecule has 0 aromatic carbocycles. The van der Waals surface area contributed by atoms with Crippen LogP contribution in [-0.4, -0.2) is 17.0 Å². The Hall–Kier alpha value is -1.78. The maximum atomic E-state index is 11.1. The zero-order chi connectivity index (χ0) is 11.0. The van der Waals surface area contributed by atoms with Gasteiger partial charge >= 0.3 is 5.97 Å². The number of carboxylic acids is 1. The molecule has 0 saturated carbocycles. The number of amides is 1. The Labute approximate surface area is 86.1 Å². The van der Waals surface area contributed by atoms with E-state index in [4.69, 9.17) is 9.52 Å². The van der Waals surface area contributed by atoms with Crippen LogP contribution >= 0.6 is 0 Å². The normalized spacial score (nSPS) is 25.3. The molecule has 5 heteroatoms. The fourth-order valence-electron chi connectivity index (χ4n) is 1.77. The fraction of sp³-hybridized carbons (Fsp3) is 0.400. The van der Waals surface area contributed by atoms with Crippen molar-refractivity contribution in [3.05, 3.63) is 23.7 Å². The second-order valence-corrected chi connectivity index (χ2v) is 3.64. The second-order valence-electron chi connectivity index (χ2n) is 3.64. The highest BCUT2D eigenvalue weighted by Gasteiger charge is 2.40. The molecule has 1 fully saturated rings. The average molecular weight is 209 g/mol. The highest BCUT2D eigenvalue weighted by molar-refractivity contribution is 5.87. The molecular weight excluding hydrogens is 198 g/mol. The first-order valence-corrected chi connectivity index (χ1v) is 4.66. The maximum absolute atomic E-state index is 11.1. The summed E-state index contributed by atoms with van der Waals surface area (Å²) < 4.78 is 5.32. The average Bonchev–Trinajstić information content (AvgIpc) is 2.71. The van der Waals surface area contributed by atoms with Gasteiger partial charge in [-0.2, -0.15) is 0 Å². The molecule has 1 aliphatic heterocycles. The third-order valence-corrected chi connectivity index (χ3v) is 2.51. The number of hydrogen-bond acceptors (Lipinski definition) is 3. The lowest BCUT2D eigenvalue weighted by Crippen LogP contribution is -2.23. The number of carbonyl (C=O) groups is 2. The minimum atomic E-state index is -0.979. The summed E-state index contributed by atoms with van der Waals surface area (Å²) in [5.41, 5.74) is 0. The molecule has 2 rings (SSSR count). The second kappa shape index (κ2) is 3.42. The molecule has 80 valence electrons. The summed E-state index contributed by atoms with van der Waals surface area (Å²) in [7, 11) is 0. The molecular formula is C10H11NO4. The molecule has 1 aromatic heterocycles. The van der Waals surface area contributed by atoms with E-state index in [1.165, 1.54) is 0 Å². The van der Waals surface area contributed by atoms with E-state index in [1.807, 2.05) is 0 Å². The Morgan fingerprint density at radius 3 is 2.87 bits per heavy atom. The van der Waals surface area contributed by atoms with E-state index in [1.54, 1.807) is 19.1 Å². The lowest BCUT2D eigenvalue weighted by atomic mass is 9.99. The van der Waals surface area contributed by atoms with Gasteiger partial charge in [-0.05, 0) is 19.1 Å². The van der Waals surface area contributed by atoms with E-state index >= 15 is 0 Å². The van der Waals surface area contributed by atoms with E-state index in [9.17, 15) is 9.59 Å². The third-order valence-electron chi connectivity index (χ3n) is 2.51. The monoisotopic (exact) mass is 209 g/mol. The molecule has 0 radical (unpaired) electrons.